The van der Waals surface area contributed by atoms with Gasteiger partial charge in [0.15, 0.2) is 0 Å². The van der Waals surface area contributed by atoms with Crippen molar-refractivity contribution < 1.29 is 0 Å². The van der Waals surface area contributed by atoms with Crippen LogP contribution in [0, 0.1) is 0 Å². The first kappa shape index (κ1) is 10.7. The maximum atomic E-state index is 3.51. The highest BCUT2D eigenvalue weighted by atomic mass is 14.9. The molecule has 1 saturated heterocycles. The molecule has 1 aromatic carbocycles. The molecule has 0 aliphatic carbocycles. The minimum Gasteiger partial charge on any atom is -0.314 e. The molecule has 1 aromatic rings. The number of hydrogen-bond acceptors (Lipinski definition) is 1. The van der Waals surface area contributed by atoms with Crippen LogP contribution in [0.15, 0.2) is 24.3 Å². The lowest BCUT2D eigenvalue weighted by molar-refractivity contribution is 0.658. The molecule has 1 aliphatic rings. The van der Waals surface area contributed by atoms with Crippen LogP contribution < -0.4 is 5.32 Å². The summed E-state index contributed by atoms with van der Waals surface area (Å²) in [4.78, 5) is 0. The molecule has 0 amide bonds. The Morgan fingerprint density at radius 2 is 1.87 bits per heavy atom. The van der Waals surface area contributed by atoms with Gasteiger partial charge in [0.1, 0.15) is 0 Å². The normalized spacial score (nSPS) is 26.1. The Bertz CT molecular complexity index is 313. The summed E-state index contributed by atoms with van der Waals surface area (Å²) in [6, 6.07) is 9.85. The summed E-state index contributed by atoms with van der Waals surface area (Å²) in [5.74, 6) is 1.36. The minimum absolute atomic E-state index is 0.639. The van der Waals surface area contributed by atoms with E-state index in [2.05, 4.69) is 50.4 Å². The van der Waals surface area contributed by atoms with Gasteiger partial charge in [-0.2, -0.15) is 0 Å². The molecule has 0 radical (unpaired) electrons. The maximum Gasteiger partial charge on any atom is 0.00452 e. The third-order valence-electron chi connectivity index (χ3n) is 3.43. The van der Waals surface area contributed by atoms with Crippen molar-refractivity contribution in [1.82, 2.24) is 5.32 Å². The quantitative estimate of drug-likeness (QED) is 0.778. The van der Waals surface area contributed by atoms with E-state index in [1.807, 2.05) is 0 Å². The topological polar surface area (TPSA) is 12.0 Å². The Labute approximate surface area is 92.9 Å². The third kappa shape index (κ3) is 2.40. The van der Waals surface area contributed by atoms with E-state index in [4.69, 9.17) is 0 Å². The summed E-state index contributed by atoms with van der Waals surface area (Å²) in [6.45, 7) is 7.90. The van der Waals surface area contributed by atoms with Gasteiger partial charge in [0, 0.05) is 12.6 Å². The molecular weight excluding hydrogens is 182 g/mol. The molecule has 0 spiro atoms. The fraction of sp³-hybridized carbons (Fsp3) is 0.571. The van der Waals surface area contributed by atoms with Crippen LogP contribution in [-0.2, 0) is 0 Å². The fourth-order valence-corrected chi connectivity index (χ4v) is 2.34. The zero-order chi connectivity index (χ0) is 10.8. The van der Waals surface area contributed by atoms with Gasteiger partial charge in [-0.25, -0.2) is 0 Å². The summed E-state index contributed by atoms with van der Waals surface area (Å²) >= 11 is 0. The average molecular weight is 203 g/mol. The van der Waals surface area contributed by atoms with Gasteiger partial charge in [-0.1, -0.05) is 38.1 Å². The van der Waals surface area contributed by atoms with E-state index < -0.39 is 0 Å². The Hall–Kier alpha value is -0.820. The van der Waals surface area contributed by atoms with Gasteiger partial charge in [0.2, 0.25) is 0 Å². The van der Waals surface area contributed by atoms with Crippen molar-refractivity contribution in [2.45, 2.75) is 45.1 Å². The van der Waals surface area contributed by atoms with Gasteiger partial charge in [-0.05, 0) is 36.3 Å². The van der Waals surface area contributed by atoms with Crippen LogP contribution in [0.5, 0.6) is 0 Å². The summed E-state index contributed by atoms with van der Waals surface area (Å²) in [6.07, 6.45) is 1.28. The van der Waals surface area contributed by atoms with Crippen LogP contribution in [0.25, 0.3) is 0 Å². The molecule has 1 N–H and O–H groups in total. The second kappa shape index (κ2) is 4.36. The predicted octanol–water partition coefficient (Wildman–Crippen LogP) is 3.28. The lowest BCUT2D eigenvalue weighted by Gasteiger charge is -2.11. The van der Waals surface area contributed by atoms with Crippen molar-refractivity contribution in [3.63, 3.8) is 0 Å². The molecule has 1 heterocycles. The van der Waals surface area contributed by atoms with Crippen LogP contribution in [-0.4, -0.2) is 12.6 Å². The van der Waals surface area contributed by atoms with E-state index in [0.717, 1.165) is 12.5 Å². The van der Waals surface area contributed by atoms with Gasteiger partial charge >= 0.3 is 0 Å². The first-order chi connectivity index (χ1) is 7.16. The Morgan fingerprint density at radius 1 is 1.20 bits per heavy atom. The monoisotopic (exact) mass is 203 g/mol. The highest BCUT2D eigenvalue weighted by Crippen LogP contribution is 2.26. The van der Waals surface area contributed by atoms with E-state index in [-0.39, 0.29) is 0 Å². The standard InChI is InChI=1S/C14H21N/c1-10(2)12-4-6-13(7-5-12)14-8-11(3)15-9-14/h4-7,10-11,14-15H,8-9H2,1-3H3. The smallest absolute Gasteiger partial charge is 0.00452 e. The van der Waals surface area contributed by atoms with Crippen molar-refractivity contribution in [3.8, 4) is 0 Å². The first-order valence-electron chi connectivity index (χ1n) is 6.00. The van der Waals surface area contributed by atoms with Crippen molar-refractivity contribution in [3.05, 3.63) is 35.4 Å². The molecule has 0 aromatic heterocycles. The fourth-order valence-electron chi connectivity index (χ4n) is 2.34. The van der Waals surface area contributed by atoms with Crippen LogP contribution in [0.3, 0.4) is 0 Å². The Balaban J connectivity index is 2.10. The molecule has 1 aliphatic heterocycles. The number of nitrogens with one attached hydrogen (secondary N) is 1. The molecule has 2 atom stereocenters. The van der Waals surface area contributed by atoms with Crippen LogP contribution >= 0.6 is 0 Å². The summed E-state index contributed by atoms with van der Waals surface area (Å²) < 4.78 is 0. The molecule has 82 valence electrons. The Morgan fingerprint density at radius 3 is 2.33 bits per heavy atom. The number of benzene rings is 1. The van der Waals surface area contributed by atoms with Crippen molar-refractivity contribution in [1.29, 1.82) is 0 Å². The van der Waals surface area contributed by atoms with Gasteiger partial charge in [-0.15, -0.1) is 0 Å². The maximum absolute atomic E-state index is 3.51. The first-order valence-corrected chi connectivity index (χ1v) is 6.00. The average Bonchev–Trinajstić information content (AvgIpc) is 2.65. The van der Waals surface area contributed by atoms with E-state index in [0.29, 0.717) is 12.0 Å². The summed E-state index contributed by atoms with van der Waals surface area (Å²) in [7, 11) is 0. The zero-order valence-corrected chi connectivity index (χ0v) is 9.96. The molecule has 2 rings (SSSR count). The van der Waals surface area contributed by atoms with Gasteiger partial charge in [-0.3, -0.25) is 0 Å². The second-order valence-electron chi connectivity index (χ2n) is 5.06. The summed E-state index contributed by atoms with van der Waals surface area (Å²) in [5, 5.41) is 3.51. The Kier molecular flexibility index (Phi) is 3.11. The van der Waals surface area contributed by atoms with E-state index in [1.165, 1.54) is 17.5 Å². The van der Waals surface area contributed by atoms with E-state index in [9.17, 15) is 0 Å². The van der Waals surface area contributed by atoms with Crippen LogP contribution in [0.2, 0.25) is 0 Å². The highest BCUT2D eigenvalue weighted by Gasteiger charge is 2.21. The molecule has 1 heteroatoms. The molecule has 0 bridgehead atoms. The minimum atomic E-state index is 0.639. The molecule has 2 unspecified atom stereocenters. The van der Waals surface area contributed by atoms with Gasteiger partial charge in [0.25, 0.3) is 0 Å². The molecule has 15 heavy (non-hydrogen) atoms. The van der Waals surface area contributed by atoms with Crippen LogP contribution in [0.4, 0.5) is 0 Å². The third-order valence-corrected chi connectivity index (χ3v) is 3.43. The van der Waals surface area contributed by atoms with Crippen LogP contribution in [0.1, 0.15) is 50.2 Å². The number of rotatable bonds is 2. The van der Waals surface area contributed by atoms with Gasteiger partial charge < -0.3 is 5.32 Å². The lowest BCUT2D eigenvalue weighted by Crippen LogP contribution is -2.16. The van der Waals surface area contributed by atoms with Crippen molar-refractivity contribution in [2.24, 2.45) is 0 Å². The lowest BCUT2D eigenvalue weighted by atomic mass is 9.94. The molecule has 1 fully saturated rings. The predicted molar refractivity (Wildman–Crippen MR) is 65.4 cm³/mol. The highest BCUT2D eigenvalue weighted by molar-refractivity contribution is 5.28. The largest absolute Gasteiger partial charge is 0.314 e. The number of hydrogen-bond donors (Lipinski definition) is 1. The van der Waals surface area contributed by atoms with E-state index in [1.54, 1.807) is 0 Å². The zero-order valence-electron chi connectivity index (χ0n) is 9.96. The summed E-state index contributed by atoms with van der Waals surface area (Å²) in [5.41, 5.74) is 2.94. The SMILES string of the molecule is CC1CC(c2ccc(C(C)C)cc2)CN1. The van der Waals surface area contributed by atoms with Crippen molar-refractivity contribution in [2.75, 3.05) is 6.54 Å². The van der Waals surface area contributed by atoms with E-state index >= 15 is 0 Å². The molecule has 1 nitrogen and oxygen atoms in total. The molecule has 0 saturated carbocycles. The van der Waals surface area contributed by atoms with Gasteiger partial charge in [0.05, 0.1) is 0 Å². The second-order valence-corrected chi connectivity index (χ2v) is 5.06. The van der Waals surface area contributed by atoms with Crippen molar-refractivity contribution >= 4 is 0 Å². The molecular formula is C14H21N.